The summed E-state index contributed by atoms with van der Waals surface area (Å²) in [4.78, 5) is 18.4. The van der Waals surface area contributed by atoms with E-state index in [2.05, 4.69) is 32.9 Å². The molecule has 0 bridgehead atoms. The number of fused-ring (bicyclic) bond motifs is 2. The number of hydrogen-bond donors (Lipinski definition) is 0. The van der Waals surface area contributed by atoms with Crippen LogP contribution in [-0.2, 0) is 6.54 Å². The SMILES string of the molecule is COc1ccc(C2COc3cc(Cn4cnc5cc(N6CCN(C)CC6)cnc54)cc(OC)c3O2)cn1. The highest BCUT2D eigenvalue weighted by Gasteiger charge is 2.27. The average molecular weight is 503 g/mol. The van der Waals surface area contributed by atoms with Crippen molar-refractivity contribution in [3.8, 4) is 23.1 Å². The zero-order valence-corrected chi connectivity index (χ0v) is 21.3. The molecule has 10 heteroatoms. The normalized spacial score (nSPS) is 17.7. The number of aromatic nitrogens is 4. The smallest absolute Gasteiger partial charge is 0.212 e. The monoisotopic (exact) mass is 502 g/mol. The maximum atomic E-state index is 6.28. The molecular formula is C27H30N6O4. The highest BCUT2D eigenvalue weighted by Crippen LogP contribution is 2.44. The molecule has 0 aliphatic carbocycles. The molecule has 2 aliphatic rings. The van der Waals surface area contributed by atoms with Crippen molar-refractivity contribution in [1.82, 2.24) is 24.4 Å². The number of imidazole rings is 1. The molecule has 0 spiro atoms. The minimum Gasteiger partial charge on any atom is -0.493 e. The van der Waals surface area contributed by atoms with E-state index >= 15 is 0 Å². The van der Waals surface area contributed by atoms with Crippen LogP contribution in [0, 0.1) is 0 Å². The van der Waals surface area contributed by atoms with Crippen LogP contribution in [0.5, 0.6) is 23.1 Å². The van der Waals surface area contributed by atoms with Crippen LogP contribution < -0.4 is 23.8 Å². The summed E-state index contributed by atoms with van der Waals surface area (Å²) >= 11 is 0. The van der Waals surface area contributed by atoms with Crippen LogP contribution in [0.2, 0.25) is 0 Å². The first-order chi connectivity index (χ1) is 18.1. The van der Waals surface area contributed by atoms with Crippen LogP contribution in [0.3, 0.4) is 0 Å². The molecule has 10 nitrogen and oxygen atoms in total. The Kier molecular flexibility index (Phi) is 6.17. The fourth-order valence-electron chi connectivity index (χ4n) is 4.79. The van der Waals surface area contributed by atoms with Crippen LogP contribution in [0.15, 0.2) is 49.1 Å². The topological polar surface area (TPSA) is 87.0 Å². The van der Waals surface area contributed by atoms with Gasteiger partial charge in [0.15, 0.2) is 23.3 Å². The Morgan fingerprint density at radius 3 is 2.59 bits per heavy atom. The van der Waals surface area contributed by atoms with Crippen molar-refractivity contribution in [3.05, 3.63) is 60.2 Å². The van der Waals surface area contributed by atoms with Crippen molar-refractivity contribution in [3.63, 3.8) is 0 Å². The Morgan fingerprint density at radius 1 is 0.973 bits per heavy atom. The molecule has 0 saturated carbocycles. The molecule has 6 rings (SSSR count). The molecule has 1 unspecified atom stereocenters. The van der Waals surface area contributed by atoms with Gasteiger partial charge in [0, 0.05) is 44.0 Å². The molecule has 192 valence electrons. The van der Waals surface area contributed by atoms with Crippen molar-refractivity contribution >= 4 is 16.9 Å². The first-order valence-corrected chi connectivity index (χ1v) is 12.4. The van der Waals surface area contributed by atoms with Gasteiger partial charge in [-0.1, -0.05) is 0 Å². The fourth-order valence-corrected chi connectivity index (χ4v) is 4.79. The van der Waals surface area contributed by atoms with E-state index in [0.29, 0.717) is 36.3 Å². The summed E-state index contributed by atoms with van der Waals surface area (Å²) < 4.78 is 25.3. The summed E-state index contributed by atoms with van der Waals surface area (Å²) in [7, 11) is 5.38. The standard InChI is InChI=1S/C27H30N6O4/c1-31-6-8-32(9-7-31)20-12-21-27(29-14-20)33(17-30-21)15-18-10-22(34-2)26-23(11-18)36-16-24(37-26)19-4-5-25(35-3)28-13-19/h4-5,10-14,17,24H,6-9,15-16H2,1-3H3. The molecule has 2 aliphatic heterocycles. The van der Waals surface area contributed by atoms with Crippen molar-refractivity contribution in [2.75, 3.05) is 59.0 Å². The van der Waals surface area contributed by atoms with Crippen molar-refractivity contribution in [1.29, 1.82) is 0 Å². The van der Waals surface area contributed by atoms with E-state index in [1.807, 2.05) is 41.4 Å². The van der Waals surface area contributed by atoms with Crippen molar-refractivity contribution in [2.24, 2.45) is 0 Å². The van der Waals surface area contributed by atoms with Gasteiger partial charge in [0.05, 0.1) is 39.0 Å². The number of ether oxygens (including phenoxy) is 4. The zero-order valence-electron chi connectivity index (χ0n) is 21.3. The van der Waals surface area contributed by atoms with Crippen molar-refractivity contribution in [2.45, 2.75) is 12.6 Å². The predicted molar refractivity (Wildman–Crippen MR) is 139 cm³/mol. The Bertz CT molecular complexity index is 1380. The van der Waals surface area contributed by atoms with E-state index in [9.17, 15) is 0 Å². The summed E-state index contributed by atoms with van der Waals surface area (Å²) in [5, 5.41) is 0. The van der Waals surface area contributed by atoms with Gasteiger partial charge in [-0.3, -0.25) is 0 Å². The summed E-state index contributed by atoms with van der Waals surface area (Å²) in [5.41, 5.74) is 4.77. The lowest BCUT2D eigenvalue weighted by Crippen LogP contribution is -2.44. The minimum atomic E-state index is -0.290. The lowest BCUT2D eigenvalue weighted by Gasteiger charge is -2.33. The second kappa shape index (κ2) is 9.78. The summed E-state index contributed by atoms with van der Waals surface area (Å²) in [6, 6.07) is 9.83. The number of nitrogens with zero attached hydrogens (tertiary/aromatic N) is 6. The van der Waals surface area contributed by atoms with Crippen LogP contribution in [0.1, 0.15) is 17.2 Å². The minimum absolute atomic E-state index is 0.290. The highest BCUT2D eigenvalue weighted by molar-refractivity contribution is 5.75. The third-order valence-electron chi connectivity index (χ3n) is 6.95. The first kappa shape index (κ1) is 23.4. The number of anilines is 1. The van der Waals surface area contributed by atoms with Gasteiger partial charge < -0.3 is 33.3 Å². The number of methoxy groups -OCH3 is 2. The van der Waals surface area contributed by atoms with Gasteiger partial charge in [0.2, 0.25) is 11.6 Å². The highest BCUT2D eigenvalue weighted by atomic mass is 16.6. The number of benzene rings is 1. The lowest BCUT2D eigenvalue weighted by atomic mass is 10.1. The van der Waals surface area contributed by atoms with Crippen LogP contribution in [-0.4, -0.2) is 78.5 Å². The summed E-state index contributed by atoms with van der Waals surface area (Å²) in [5.74, 6) is 2.42. The zero-order chi connectivity index (χ0) is 25.4. The van der Waals surface area contributed by atoms with Gasteiger partial charge in [0.25, 0.3) is 0 Å². The molecule has 0 radical (unpaired) electrons. The van der Waals surface area contributed by atoms with E-state index in [0.717, 1.165) is 54.2 Å². The number of rotatable bonds is 6. The number of hydrogen-bond acceptors (Lipinski definition) is 9. The third kappa shape index (κ3) is 4.60. The van der Waals surface area contributed by atoms with E-state index in [1.165, 1.54) is 0 Å². The number of pyridine rings is 2. The second-order valence-corrected chi connectivity index (χ2v) is 9.38. The van der Waals surface area contributed by atoms with Gasteiger partial charge in [-0.05, 0) is 36.9 Å². The molecule has 1 aromatic carbocycles. The molecule has 5 heterocycles. The largest absolute Gasteiger partial charge is 0.493 e. The molecule has 1 saturated heterocycles. The molecule has 0 amide bonds. The third-order valence-corrected chi connectivity index (χ3v) is 6.95. The summed E-state index contributed by atoms with van der Waals surface area (Å²) in [6.07, 6.45) is 5.23. The van der Waals surface area contributed by atoms with Crippen molar-refractivity contribution < 1.29 is 18.9 Å². The maximum absolute atomic E-state index is 6.28. The van der Waals surface area contributed by atoms with E-state index in [-0.39, 0.29) is 6.10 Å². The maximum Gasteiger partial charge on any atom is 0.212 e. The Balaban J connectivity index is 1.22. The molecule has 4 aromatic rings. The molecule has 1 fully saturated rings. The van der Waals surface area contributed by atoms with Gasteiger partial charge in [-0.15, -0.1) is 0 Å². The molecular weight excluding hydrogens is 472 g/mol. The van der Waals surface area contributed by atoms with E-state index in [4.69, 9.17) is 23.9 Å². The van der Waals surface area contributed by atoms with Crippen LogP contribution in [0.25, 0.3) is 11.2 Å². The quantitative estimate of drug-likeness (QED) is 0.395. The molecule has 3 aromatic heterocycles. The van der Waals surface area contributed by atoms with E-state index < -0.39 is 0 Å². The second-order valence-electron chi connectivity index (χ2n) is 9.38. The van der Waals surface area contributed by atoms with Gasteiger partial charge in [0.1, 0.15) is 12.1 Å². The Labute approximate surface area is 215 Å². The number of likely N-dealkylation sites (N-methyl/N-ethyl adjacent to an activating group) is 1. The van der Waals surface area contributed by atoms with E-state index in [1.54, 1.807) is 20.4 Å². The van der Waals surface area contributed by atoms with Gasteiger partial charge in [-0.25, -0.2) is 15.0 Å². The number of piperazine rings is 1. The Hall–Kier alpha value is -4.05. The first-order valence-electron chi connectivity index (χ1n) is 12.4. The fraction of sp³-hybridized carbons (Fsp3) is 0.370. The van der Waals surface area contributed by atoms with Crippen LogP contribution in [0.4, 0.5) is 5.69 Å². The predicted octanol–water partition coefficient (Wildman–Crippen LogP) is 3.16. The lowest BCUT2D eigenvalue weighted by molar-refractivity contribution is 0.0867. The average Bonchev–Trinajstić information content (AvgIpc) is 3.34. The Morgan fingerprint density at radius 2 is 1.84 bits per heavy atom. The van der Waals surface area contributed by atoms with Crippen LogP contribution >= 0.6 is 0 Å². The van der Waals surface area contributed by atoms with Gasteiger partial charge in [-0.2, -0.15) is 0 Å². The molecule has 37 heavy (non-hydrogen) atoms. The molecule has 1 atom stereocenters. The summed E-state index contributed by atoms with van der Waals surface area (Å²) in [6.45, 7) is 5.05. The molecule has 0 N–H and O–H groups in total. The van der Waals surface area contributed by atoms with Gasteiger partial charge >= 0.3 is 0 Å².